The van der Waals surface area contributed by atoms with Crippen molar-refractivity contribution in [1.82, 2.24) is 0 Å². The zero-order valence-electron chi connectivity index (χ0n) is 15.8. The van der Waals surface area contributed by atoms with Crippen LogP contribution in [0.15, 0.2) is 42.5 Å². The summed E-state index contributed by atoms with van der Waals surface area (Å²) in [7, 11) is 1.28. The summed E-state index contributed by atoms with van der Waals surface area (Å²) in [6, 6.07) is 10.7. The summed E-state index contributed by atoms with van der Waals surface area (Å²) in [5.74, 6) is -1.18. The van der Waals surface area contributed by atoms with E-state index in [1.807, 2.05) is 4.90 Å². The van der Waals surface area contributed by atoms with E-state index in [0.717, 1.165) is 0 Å². The Hall–Kier alpha value is -3.46. The monoisotopic (exact) mass is 400 g/mol. The lowest BCUT2D eigenvalue weighted by Crippen LogP contribution is -2.37. The minimum absolute atomic E-state index is 0.0884. The zero-order valence-corrected chi connectivity index (χ0v) is 15.8. The minimum atomic E-state index is -0.682. The molecular weight excluding hydrogens is 380 g/mol. The van der Waals surface area contributed by atoms with E-state index < -0.39 is 16.9 Å². The largest absolute Gasteiger partial charge is 0.465 e. The quantitative estimate of drug-likeness (QED) is 0.414. The zero-order chi connectivity index (χ0) is 20.8. The molecule has 9 nitrogen and oxygen atoms in total. The number of anilines is 1. The number of carbonyl (C=O) groups is 2. The lowest BCUT2D eigenvalue weighted by Gasteiger charge is -2.30. The molecular formula is C20H20N2O7. The Morgan fingerprint density at radius 2 is 1.90 bits per heavy atom. The van der Waals surface area contributed by atoms with E-state index in [2.05, 4.69) is 4.74 Å². The summed E-state index contributed by atoms with van der Waals surface area (Å²) in [4.78, 5) is 36.9. The molecule has 9 heteroatoms. The third-order valence-corrected chi connectivity index (χ3v) is 4.48. The predicted molar refractivity (Wildman–Crippen MR) is 103 cm³/mol. The Kier molecular flexibility index (Phi) is 6.40. The third kappa shape index (κ3) is 4.88. The van der Waals surface area contributed by atoms with Crippen molar-refractivity contribution < 1.29 is 28.7 Å². The van der Waals surface area contributed by atoms with Crippen molar-refractivity contribution in [3.63, 3.8) is 0 Å². The number of hydrogen-bond donors (Lipinski definition) is 0. The van der Waals surface area contributed by atoms with Crippen LogP contribution in [0, 0.1) is 10.1 Å². The number of morpholine rings is 1. The van der Waals surface area contributed by atoms with E-state index in [4.69, 9.17) is 9.47 Å². The fourth-order valence-electron chi connectivity index (χ4n) is 3.01. The van der Waals surface area contributed by atoms with Gasteiger partial charge in [-0.05, 0) is 23.8 Å². The van der Waals surface area contributed by atoms with Gasteiger partial charge >= 0.3 is 11.9 Å². The second-order valence-electron chi connectivity index (χ2n) is 6.33. The third-order valence-electron chi connectivity index (χ3n) is 4.48. The van der Waals surface area contributed by atoms with Crippen LogP contribution in [0.5, 0.6) is 0 Å². The van der Waals surface area contributed by atoms with Crippen molar-refractivity contribution in [2.24, 2.45) is 0 Å². The van der Waals surface area contributed by atoms with Gasteiger partial charge in [0.2, 0.25) is 0 Å². The van der Waals surface area contributed by atoms with Crippen molar-refractivity contribution in [2.45, 2.75) is 6.61 Å². The van der Waals surface area contributed by atoms with E-state index in [-0.39, 0.29) is 17.9 Å². The van der Waals surface area contributed by atoms with E-state index in [1.54, 1.807) is 30.3 Å². The summed E-state index contributed by atoms with van der Waals surface area (Å²) < 4.78 is 15.4. The summed E-state index contributed by atoms with van der Waals surface area (Å²) in [6.07, 6.45) is 0. The number of non-ortho nitro benzene ring substituents is 1. The Labute approximate surface area is 166 Å². The lowest BCUT2D eigenvalue weighted by atomic mass is 10.1. The fourth-order valence-corrected chi connectivity index (χ4v) is 3.01. The first kappa shape index (κ1) is 20.3. The van der Waals surface area contributed by atoms with Crippen molar-refractivity contribution in [3.05, 3.63) is 69.3 Å². The van der Waals surface area contributed by atoms with Crippen molar-refractivity contribution in [3.8, 4) is 0 Å². The van der Waals surface area contributed by atoms with Crippen LogP contribution >= 0.6 is 0 Å². The van der Waals surface area contributed by atoms with Crippen LogP contribution < -0.4 is 4.90 Å². The summed E-state index contributed by atoms with van der Waals surface area (Å²) >= 11 is 0. The number of ether oxygens (including phenoxy) is 3. The Bertz CT molecular complexity index is 923. The molecule has 2 aromatic carbocycles. The van der Waals surface area contributed by atoms with Crippen LogP contribution in [0.2, 0.25) is 0 Å². The summed E-state index contributed by atoms with van der Waals surface area (Å²) in [5.41, 5.74) is 1.42. The second-order valence-corrected chi connectivity index (χ2v) is 6.33. The molecule has 152 valence electrons. The van der Waals surface area contributed by atoms with Crippen LogP contribution in [0.25, 0.3) is 0 Å². The van der Waals surface area contributed by atoms with Gasteiger partial charge in [-0.15, -0.1) is 0 Å². The van der Waals surface area contributed by atoms with Gasteiger partial charge in [-0.2, -0.15) is 0 Å². The molecule has 1 fully saturated rings. The first-order valence-corrected chi connectivity index (χ1v) is 8.95. The molecule has 2 aromatic rings. The normalized spacial score (nSPS) is 13.6. The highest BCUT2D eigenvalue weighted by Gasteiger charge is 2.23. The number of rotatable bonds is 6. The maximum absolute atomic E-state index is 12.7. The first-order chi connectivity index (χ1) is 14.0. The average molecular weight is 400 g/mol. The molecule has 0 amide bonds. The van der Waals surface area contributed by atoms with Gasteiger partial charge in [0, 0.05) is 25.2 Å². The fraction of sp³-hybridized carbons (Fsp3) is 0.300. The highest BCUT2D eigenvalue weighted by molar-refractivity contribution is 5.97. The van der Waals surface area contributed by atoms with Gasteiger partial charge in [-0.3, -0.25) is 10.1 Å². The van der Waals surface area contributed by atoms with Crippen LogP contribution in [0.4, 0.5) is 11.4 Å². The Morgan fingerprint density at radius 3 is 2.59 bits per heavy atom. The van der Waals surface area contributed by atoms with Crippen LogP contribution in [-0.4, -0.2) is 50.3 Å². The van der Waals surface area contributed by atoms with Gasteiger partial charge in [-0.1, -0.05) is 12.1 Å². The lowest BCUT2D eigenvalue weighted by molar-refractivity contribution is -0.384. The molecule has 0 aliphatic carbocycles. The SMILES string of the molecule is COC(=O)c1cccc(COC(=O)c2cc([N+](=O)[O-])ccc2N2CCOCC2)c1. The van der Waals surface area contributed by atoms with Crippen LogP contribution in [0.3, 0.4) is 0 Å². The van der Waals surface area contributed by atoms with Gasteiger partial charge < -0.3 is 19.1 Å². The number of methoxy groups -OCH3 is 1. The van der Waals surface area contributed by atoms with Crippen LogP contribution in [-0.2, 0) is 20.8 Å². The van der Waals surface area contributed by atoms with E-state index in [9.17, 15) is 19.7 Å². The molecule has 0 bridgehead atoms. The maximum Gasteiger partial charge on any atom is 0.340 e. The topological polar surface area (TPSA) is 108 Å². The molecule has 0 unspecified atom stereocenters. The molecule has 3 rings (SSSR count). The molecule has 1 aliphatic rings. The van der Waals surface area contributed by atoms with E-state index in [0.29, 0.717) is 43.1 Å². The molecule has 1 saturated heterocycles. The number of esters is 2. The molecule has 29 heavy (non-hydrogen) atoms. The highest BCUT2D eigenvalue weighted by Crippen LogP contribution is 2.27. The number of nitro groups is 1. The first-order valence-electron chi connectivity index (χ1n) is 8.95. The summed E-state index contributed by atoms with van der Waals surface area (Å²) in [5, 5.41) is 11.1. The molecule has 1 heterocycles. The molecule has 0 radical (unpaired) electrons. The second kappa shape index (κ2) is 9.16. The Balaban J connectivity index is 1.81. The molecule has 0 N–H and O–H groups in total. The molecule has 0 saturated carbocycles. The van der Waals surface area contributed by atoms with Gasteiger partial charge in [0.1, 0.15) is 6.61 Å². The number of nitrogens with zero attached hydrogens (tertiary/aromatic N) is 2. The molecule has 1 aliphatic heterocycles. The maximum atomic E-state index is 12.7. The smallest absolute Gasteiger partial charge is 0.340 e. The van der Waals surface area contributed by atoms with Crippen molar-refractivity contribution in [1.29, 1.82) is 0 Å². The van der Waals surface area contributed by atoms with Gasteiger partial charge in [0.05, 0.1) is 42.1 Å². The van der Waals surface area contributed by atoms with Crippen molar-refractivity contribution in [2.75, 3.05) is 38.3 Å². The van der Waals surface area contributed by atoms with E-state index in [1.165, 1.54) is 19.2 Å². The Morgan fingerprint density at radius 1 is 1.14 bits per heavy atom. The number of nitro benzene ring substituents is 1. The highest BCUT2D eigenvalue weighted by atomic mass is 16.6. The standard InChI is InChI=1S/C20H20N2O7/c1-27-19(23)15-4-2-3-14(11-15)13-29-20(24)17-12-16(22(25)26)5-6-18(17)21-7-9-28-10-8-21/h2-6,11-12H,7-10,13H2,1H3. The van der Waals surface area contributed by atoms with Crippen molar-refractivity contribution >= 4 is 23.3 Å². The molecule has 0 atom stereocenters. The van der Waals surface area contributed by atoms with Gasteiger partial charge in [-0.25, -0.2) is 9.59 Å². The number of hydrogen-bond acceptors (Lipinski definition) is 8. The average Bonchev–Trinajstić information content (AvgIpc) is 2.77. The number of carbonyl (C=O) groups excluding carboxylic acids is 2. The molecule has 0 aromatic heterocycles. The molecule has 0 spiro atoms. The van der Waals surface area contributed by atoms with Gasteiger partial charge in [0.15, 0.2) is 0 Å². The van der Waals surface area contributed by atoms with E-state index >= 15 is 0 Å². The van der Waals surface area contributed by atoms with Crippen LogP contribution in [0.1, 0.15) is 26.3 Å². The minimum Gasteiger partial charge on any atom is -0.465 e. The predicted octanol–water partition coefficient (Wildman–Crippen LogP) is 2.58. The number of benzene rings is 2. The summed E-state index contributed by atoms with van der Waals surface area (Å²) in [6.45, 7) is 2.06. The van der Waals surface area contributed by atoms with Gasteiger partial charge in [0.25, 0.3) is 5.69 Å².